The zero-order chi connectivity index (χ0) is 43.7. The molecule has 0 atom stereocenters. The zero-order valence-electron chi connectivity index (χ0n) is 40.2. The number of phenolic OH excluding ortho intramolecular Hbond substituents is 2. The molecule has 4 aromatic carbocycles. The van der Waals surface area contributed by atoms with E-state index in [0.29, 0.717) is 52.4 Å². The van der Waals surface area contributed by atoms with Gasteiger partial charge in [0, 0.05) is 48.1 Å². The molecule has 8 aliphatic carbocycles. The maximum absolute atomic E-state index is 16.2. The van der Waals surface area contributed by atoms with Crippen LogP contribution in [0.3, 0.4) is 0 Å². The van der Waals surface area contributed by atoms with Crippen LogP contribution in [0.25, 0.3) is 28.0 Å². The zero-order valence-corrected chi connectivity index (χ0v) is 43.8. The molecule has 9 aliphatic rings. The minimum absolute atomic E-state index is 0. The minimum atomic E-state index is -0.334. The van der Waals surface area contributed by atoms with E-state index in [0.717, 1.165) is 94.8 Å². The first-order valence-corrected chi connectivity index (χ1v) is 24.0. The van der Waals surface area contributed by atoms with Crippen LogP contribution in [-0.4, -0.2) is 28.6 Å². The number of aromatic hydroxyl groups is 2. The average Bonchev–Trinajstić information content (AvgIpc) is 3.23. The Hall–Kier alpha value is -3.97. The third-order valence-electron chi connectivity index (χ3n) is 17.3. The Labute approximate surface area is 412 Å². The second kappa shape index (κ2) is 17.8. The van der Waals surface area contributed by atoms with Crippen molar-refractivity contribution in [1.29, 1.82) is 0 Å². The van der Waals surface area contributed by atoms with E-state index < -0.39 is 0 Å². The Morgan fingerprint density at radius 2 is 1.02 bits per heavy atom. The van der Waals surface area contributed by atoms with Crippen LogP contribution in [0.4, 0.5) is 8.78 Å². The molecular formula is C59H69F2HfNO3-2. The fourth-order valence-electron chi connectivity index (χ4n) is 15.2. The van der Waals surface area contributed by atoms with Crippen molar-refractivity contribution in [2.45, 2.75) is 127 Å². The summed E-state index contributed by atoms with van der Waals surface area (Å²) in [6.45, 7) is 13.4. The van der Waals surface area contributed by atoms with Crippen LogP contribution in [-0.2, 0) is 41.4 Å². The summed E-state index contributed by atoms with van der Waals surface area (Å²) in [4.78, 5) is 0. The predicted octanol–water partition coefficient (Wildman–Crippen LogP) is 15.0. The van der Waals surface area contributed by atoms with Gasteiger partial charge in [-0.2, -0.15) is 0 Å². The van der Waals surface area contributed by atoms with Gasteiger partial charge >= 0.3 is 0 Å². The molecule has 0 aromatic heterocycles. The Morgan fingerprint density at radius 3 is 1.44 bits per heavy atom. The summed E-state index contributed by atoms with van der Waals surface area (Å²) in [6.07, 6.45) is 17.5. The molecule has 0 amide bonds. The molecule has 0 unspecified atom stereocenters. The first-order chi connectivity index (χ1) is 30.2. The standard InChI is InChI=1S/C57H63F2NO3.2CH3.Hf/c1-31(2)39-7-9-44(48-19-41(58)21-50(54(48)61)56-25-33-11-34(26-56)13-35(12-33)27-56)46(17-39)52-23-43(63-6)24-53(60(52)5)47-18-40(32(3)4)8-10-45(47)49-20-42(59)22-51(55(49)62)57-28-36-14-37(29-57)16-38(15-36)30-57;;;/h7-10,17-24,31-38,61-62H,5,11-16,25-30H2,1-4,6H3;2*1H3;/q;2*-1;. The summed E-state index contributed by atoms with van der Waals surface area (Å²) in [6, 6.07) is 19.5. The molecule has 4 aromatic rings. The van der Waals surface area contributed by atoms with Crippen molar-refractivity contribution >= 4 is 12.4 Å². The fourth-order valence-corrected chi connectivity index (χ4v) is 15.2. The van der Waals surface area contributed by atoms with E-state index in [2.05, 4.69) is 52.0 Å². The number of phenols is 2. The largest absolute Gasteiger partial charge is 0.525 e. The molecule has 66 heavy (non-hydrogen) atoms. The molecule has 1 heterocycles. The number of methoxy groups -OCH3 is 1. The number of allylic oxidation sites excluding steroid dienone is 1. The van der Waals surface area contributed by atoms with E-state index in [1.165, 1.54) is 50.7 Å². The second-order valence-corrected chi connectivity index (χ2v) is 22.1. The van der Waals surface area contributed by atoms with E-state index >= 15 is 8.78 Å². The number of halogens is 2. The number of hydrogen-bond acceptors (Lipinski definition) is 3. The van der Waals surface area contributed by atoms with Crippen LogP contribution < -0.4 is 0 Å². The summed E-state index contributed by atoms with van der Waals surface area (Å²) in [5.41, 5.74) is 8.04. The van der Waals surface area contributed by atoms with Gasteiger partial charge in [0.15, 0.2) is 11.7 Å². The third kappa shape index (κ3) is 7.97. The summed E-state index contributed by atoms with van der Waals surface area (Å²) in [5.74, 6) is 4.51. The summed E-state index contributed by atoms with van der Waals surface area (Å²) >= 11 is 0. The van der Waals surface area contributed by atoms with Crippen molar-refractivity contribution < 1.29 is 54.1 Å². The van der Waals surface area contributed by atoms with E-state index in [4.69, 9.17) is 11.5 Å². The van der Waals surface area contributed by atoms with Gasteiger partial charge in [0.2, 0.25) is 0 Å². The molecule has 8 saturated carbocycles. The molecule has 348 valence electrons. The van der Waals surface area contributed by atoms with E-state index in [1.807, 2.05) is 28.9 Å². The Kier molecular flexibility index (Phi) is 13.1. The molecule has 8 bridgehead atoms. The van der Waals surface area contributed by atoms with E-state index in [-0.39, 0.29) is 86.5 Å². The van der Waals surface area contributed by atoms with Crippen LogP contribution in [0.5, 0.6) is 11.5 Å². The third-order valence-corrected chi connectivity index (χ3v) is 17.3. The SMILES string of the molecule is C=[N+]1C(c2cc(C(C)C)ccc2-c2cc(F)cc(C34CC5CC(CC(C5)C3)C4)c2O)=CC(OC)=C[C-]1c1cc(C(C)C)ccc1-c1cc(F)cc(C23CC4CC(CC(C4)C2)C3)c1O.[CH3-].[CH3-].[Hf]. The molecule has 0 radical (unpaired) electrons. The Morgan fingerprint density at radius 1 is 0.606 bits per heavy atom. The van der Waals surface area contributed by atoms with Gasteiger partial charge in [-0.3, -0.25) is 0 Å². The molecule has 0 saturated heterocycles. The van der Waals surface area contributed by atoms with Crippen molar-refractivity contribution in [2.75, 3.05) is 7.11 Å². The van der Waals surface area contributed by atoms with E-state index in [1.54, 1.807) is 19.2 Å². The number of hydrogen-bond donors (Lipinski definition) is 2. The van der Waals surface area contributed by atoms with Crippen LogP contribution in [0.2, 0.25) is 0 Å². The maximum Gasteiger partial charge on any atom is 0.164 e. The number of ether oxygens (including phenoxy) is 1. The number of rotatable bonds is 9. The molecule has 13 rings (SSSR count). The van der Waals surface area contributed by atoms with Crippen LogP contribution in [0, 0.1) is 68.0 Å². The van der Waals surface area contributed by atoms with Gasteiger partial charge < -0.3 is 29.8 Å². The van der Waals surface area contributed by atoms with Crippen molar-refractivity contribution in [1.82, 2.24) is 0 Å². The molecule has 8 fully saturated rings. The first kappa shape index (κ1) is 48.5. The average molecular weight is 1060 g/mol. The Balaban J connectivity index is 0.00000197. The smallest absolute Gasteiger partial charge is 0.164 e. The molecule has 7 heteroatoms. The molecule has 4 nitrogen and oxygen atoms in total. The fraction of sp³-hybridized carbons (Fsp3) is 0.458. The van der Waals surface area contributed by atoms with Crippen molar-refractivity contribution in [3.63, 3.8) is 0 Å². The molecule has 2 N–H and O–H groups in total. The van der Waals surface area contributed by atoms with Crippen LogP contribution in [0.15, 0.2) is 78.6 Å². The normalized spacial score (nSPS) is 29.0. The minimum Gasteiger partial charge on any atom is -0.525 e. The maximum atomic E-state index is 16.2. The monoisotopic (exact) mass is 1060 g/mol. The summed E-state index contributed by atoms with van der Waals surface area (Å²) in [5, 5.41) is 25.0. The predicted molar refractivity (Wildman–Crippen MR) is 261 cm³/mol. The van der Waals surface area contributed by atoms with Gasteiger partial charge in [-0.25, -0.2) is 13.4 Å². The molecular weight excluding hydrogens is 987 g/mol. The van der Waals surface area contributed by atoms with Crippen LogP contribution in [0.1, 0.15) is 150 Å². The number of nitrogens with zero attached hydrogens (tertiary/aromatic N) is 1. The van der Waals surface area contributed by atoms with Gasteiger partial charge in [-0.15, -0.1) is 0 Å². The summed E-state index contributed by atoms with van der Waals surface area (Å²) in [7, 11) is 1.65. The van der Waals surface area contributed by atoms with Gasteiger partial charge in [0.25, 0.3) is 0 Å². The first-order valence-electron chi connectivity index (χ1n) is 24.0. The van der Waals surface area contributed by atoms with Gasteiger partial charge in [0.05, 0.1) is 19.6 Å². The number of benzene rings is 4. The topological polar surface area (TPSA) is 52.7 Å². The summed E-state index contributed by atoms with van der Waals surface area (Å²) < 4.78 is 40.4. The van der Waals surface area contributed by atoms with E-state index in [9.17, 15) is 10.2 Å². The Bertz CT molecular complexity index is 2550. The van der Waals surface area contributed by atoms with Crippen molar-refractivity contribution in [3.8, 4) is 33.8 Å². The molecule has 0 spiro atoms. The van der Waals surface area contributed by atoms with Gasteiger partial charge in [-0.05, 0) is 194 Å². The second-order valence-electron chi connectivity index (χ2n) is 22.1. The molecule has 1 aliphatic heterocycles. The quantitative estimate of drug-likeness (QED) is 0.0998. The van der Waals surface area contributed by atoms with Crippen molar-refractivity contribution in [2.24, 2.45) is 35.5 Å². The van der Waals surface area contributed by atoms with Crippen LogP contribution >= 0.6 is 0 Å². The van der Waals surface area contributed by atoms with Gasteiger partial charge in [0.1, 0.15) is 23.1 Å². The van der Waals surface area contributed by atoms with Crippen molar-refractivity contribution in [3.05, 3.63) is 144 Å². The van der Waals surface area contributed by atoms with Gasteiger partial charge in [-0.1, -0.05) is 75.2 Å².